The lowest BCUT2D eigenvalue weighted by Gasteiger charge is -2.37. The van der Waals surface area contributed by atoms with Gasteiger partial charge in [-0.25, -0.2) is 4.98 Å². The molecular formula is C27H31N7O2. The first-order valence-corrected chi connectivity index (χ1v) is 12.8. The molecule has 3 N–H and O–H groups in total. The van der Waals surface area contributed by atoms with Gasteiger partial charge in [0, 0.05) is 37.4 Å². The van der Waals surface area contributed by atoms with E-state index in [2.05, 4.69) is 56.7 Å². The van der Waals surface area contributed by atoms with Crippen LogP contribution in [-0.2, 0) is 16.1 Å². The molecule has 9 heteroatoms. The van der Waals surface area contributed by atoms with Gasteiger partial charge in [0.2, 0.25) is 0 Å². The van der Waals surface area contributed by atoms with Gasteiger partial charge in [-0.05, 0) is 49.3 Å². The molecule has 2 fully saturated rings. The fourth-order valence-electron chi connectivity index (χ4n) is 5.18. The van der Waals surface area contributed by atoms with Gasteiger partial charge in [0.1, 0.15) is 5.65 Å². The van der Waals surface area contributed by atoms with Crippen LogP contribution in [0.2, 0.25) is 0 Å². The Morgan fingerprint density at radius 3 is 2.72 bits per heavy atom. The highest BCUT2D eigenvalue weighted by atomic mass is 16.2. The standard InChI is InChI=1S/C27H31N7O2/c1-17-10-12-33(15-19-5-3-2-4-6-19)16-22(17)34-23-20-9-11-28-24(20)29-14-21(23)25(32-34)31-27(36)26(35)30-13-18-7-8-18/h2-6,9,11,14,17-18,22H,7-8,10,12-13,15-16H2,1H3,(H,28,29)(H,30,35)(H,31,32,36)/t17-,22+/m1/s1. The molecule has 2 aliphatic rings. The normalized spacial score (nSPS) is 20.6. The number of nitrogens with zero attached hydrogens (tertiary/aromatic N) is 4. The molecule has 4 heterocycles. The summed E-state index contributed by atoms with van der Waals surface area (Å²) in [5, 5.41) is 12.1. The summed E-state index contributed by atoms with van der Waals surface area (Å²) in [6, 6.07) is 12.6. The van der Waals surface area contributed by atoms with E-state index in [9.17, 15) is 9.59 Å². The Labute approximate surface area is 209 Å². The van der Waals surface area contributed by atoms with Crippen molar-refractivity contribution in [3.05, 3.63) is 54.4 Å². The number of rotatable bonds is 6. The lowest BCUT2D eigenvalue weighted by molar-refractivity contribution is -0.136. The zero-order valence-corrected chi connectivity index (χ0v) is 20.4. The molecule has 9 nitrogen and oxygen atoms in total. The largest absolute Gasteiger partial charge is 0.348 e. The third-order valence-corrected chi connectivity index (χ3v) is 7.50. The highest BCUT2D eigenvalue weighted by Crippen LogP contribution is 2.36. The number of anilines is 1. The van der Waals surface area contributed by atoms with Crippen molar-refractivity contribution < 1.29 is 9.59 Å². The number of fused-ring (bicyclic) bond motifs is 3. The van der Waals surface area contributed by atoms with Crippen LogP contribution in [0.3, 0.4) is 0 Å². The minimum absolute atomic E-state index is 0.111. The van der Waals surface area contributed by atoms with Gasteiger partial charge in [0.15, 0.2) is 5.82 Å². The number of piperidine rings is 1. The van der Waals surface area contributed by atoms with E-state index in [1.807, 2.05) is 23.0 Å². The fourth-order valence-corrected chi connectivity index (χ4v) is 5.18. The van der Waals surface area contributed by atoms with Crippen molar-refractivity contribution in [2.45, 2.75) is 38.8 Å². The zero-order chi connectivity index (χ0) is 24.6. The number of H-pyrrole nitrogens is 1. The van der Waals surface area contributed by atoms with Gasteiger partial charge in [-0.3, -0.25) is 19.2 Å². The molecule has 2 atom stereocenters. The van der Waals surface area contributed by atoms with E-state index in [1.165, 1.54) is 5.56 Å². The summed E-state index contributed by atoms with van der Waals surface area (Å²) in [6.07, 6.45) is 6.85. The molecular weight excluding hydrogens is 454 g/mol. The Balaban J connectivity index is 1.32. The van der Waals surface area contributed by atoms with Gasteiger partial charge in [0.25, 0.3) is 0 Å². The number of carbonyl (C=O) groups excluding carboxylic acids is 2. The van der Waals surface area contributed by atoms with Crippen molar-refractivity contribution in [3.8, 4) is 0 Å². The quantitative estimate of drug-likeness (QED) is 0.363. The van der Waals surface area contributed by atoms with Crippen LogP contribution in [-0.4, -0.2) is 56.1 Å². The smallest absolute Gasteiger partial charge is 0.314 e. The summed E-state index contributed by atoms with van der Waals surface area (Å²) in [5.74, 6) is -0.0502. The summed E-state index contributed by atoms with van der Waals surface area (Å²) in [6.45, 7) is 5.56. The SMILES string of the molecule is C[C@@H]1CCN(Cc2ccccc2)C[C@@H]1n1nc(NC(=O)C(=O)NCC2CC2)c2cnc3[nH]ccc3c21. The van der Waals surface area contributed by atoms with Crippen molar-refractivity contribution in [3.63, 3.8) is 0 Å². The second-order valence-electron chi connectivity index (χ2n) is 10.2. The number of pyridine rings is 1. The van der Waals surface area contributed by atoms with E-state index in [0.717, 1.165) is 60.8 Å². The van der Waals surface area contributed by atoms with Crippen molar-refractivity contribution in [2.75, 3.05) is 25.0 Å². The van der Waals surface area contributed by atoms with Gasteiger partial charge in [-0.2, -0.15) is 5.10 Å². The maximum atomic E-state index is 12.7. The highest BCUT2D eigenvalue weighted by Gasteiger charge is 2.32. The summed E-state index contributed by atoms with van der Waals surface area (Å²) in [5.41, 5.74) is 2.99. The lowest BCUT2D eigenvalue weighted by atomic mass is 9.93. The van der Waals surface area contributed by atoms with Crippen LogP contribution < -0.4 is 10.6 Å². The average Bonchev–Trinajstić information content (AvgIpc) is 3.47. The second-order valence-corrected chi connectivity index (χ2v) is 10.2. The Hall–Kier alpha value is -3.72. The zero-order valence-electron chi connectivity index (χ0n) is 20.4. The van der Waals surface area contributed by atoms with Gasteiger partial charge in [-0.15, -0.1) is 0 Å². The number of benzene rings is 1. The van der Waals surface area contributed by atoms with Crippen LogP contribution in [0.25, 0.3) is 21.9 Å². The molecule has 1 aliphatic heterocycles. The Morgan fingerprint density at radius 1 is 1.08 bits per heavy atom. The topological polar surface area (TPSA) is 108 Å². The van der Waals surface area contributed by atoms with Crippen molar-refractivity contribution in [1.29, 1.82) is 0 Å². The van der Waals surface area contributed by atoms with Gasteiger partial charge in [0.05, 0.1) is 16.9 Å². The summed E-state index contributed by atoms with van der Waals surface area (Å²) in [7, 11) is 0. The summed E-state index contributed by atoms with van der Waals surface area (Å²) < 4.78 is 2.05. The van der Waals surface area contributed by atoms with Crippen LogP contribution in [0.5, 0.6) is 0 Å². The third-order valence-electron chi connectivity index (χ3n) is 7.50. The fraction of sp³-hybridized carbons (Fsp3) is 0.407. The Kier molecular flexibility index (Phi) is 5.92. The third kappa shape index (κ3) is 4.46. The predicted molar refractivity (Wildman–Crippen MR) is 138 cm³/mol. The molecule has 6 rings (SSSR count). The van der Waals surface area contributed by atoms with E-state index in [0.29, 0.717) is 24.2 Å². The average molecular weight is 486 g/mol. The first-order chi connectivity index (χ1) is 17.6. The molecule has 0 unspecified atom stereocenters. The number of carbonyl (C=O) groups is 2. The number of aromatic nitrogens is 4. The molecule has 2 amide bonds. The molecule has 1 saturated heterocycles. The molecule has 0 bridgehead atoms. The monoisotopic (exact) mass is 485 g/mol. The molecule has 36 heavy (non-hydrogen) atoms. The number of hydrogen-bond donors (Lipinski definition) is 3. The van der Waals surface area contributed by atoms with E-state index < -0.39 is 11.8 Å². The minimum Gasteiger partial charge on any atom is -0.348 e. The predicted octanol–water partition coefficient (Wildman–Crippen LogP) is 3.46. The van der Waals surface area contributed by atoms with E-state index >= 15 is 0 Å². The molecule has 1 aliphatic carbocycles. The Bertz CT molecular complexity index is 1410. The summed E-state index contributed by atoms with van der Waals surface area (Å²) in [4.78, 5) is 35.3. The van der Waals surface area contributed by atoms with Crippen molar-refractivity contribution in [2.24, 2.45) is 11.8 Å². The van der Waals surface area contributed by atoms with Crippen molar-refractivity contribution >= 4 is 39.6 Å². The van der Waals surface area contributed by atoms with E-state index in [4.69, 9.17) is 5.10 Å². The van der Waals surface area contributed by atoms with Crippen LogP contribution >= 0.6 is 0 Å². The maximum absolute atomic E-state index is 12.7. The first kappa shape index (κ1) is 22.7. The van der Waals surface area contributed by atoms with E-state index in [-0.39, 0.29) is 6.04 Å². The highest BCUT2D eigenvalue weighted by molar-refractivity contribution is 6.40. The molecule has 1 saturated carbocycles. The van der Waals surface area contributed by atoms with Crippen LogP contribution in [0.1, 0.15) is 37.8 Å². The number of nitrogens with one attached hydrogen (secondary N) is 3. The number of aromatic amines is 1. The molecule has 4 aromatic rings. The molecule has 0 spiro atoms. The van der Waals surface area contributed by atoms with Crippen molar-refractivity contribution in [1.82, 2.24) is 30.0 Å². The van der Waals surface area contributed by atoms with Gasteiger partial charge in [-0.1, -0.05) is 37.3 Å². The van der Waals surface area contributed by atoms with Crippen LogP contribution in [0, 0.1) is 11.8 Å². The lowest BCUT2D eigenvalue weighted by Crippen LogP contribution is -2.40. The van der Waals surface area contributed by atoms with Gasteiger partial charge < -0.3 is 15.6 Å². The van der Waals surface area contributed by atoms with Crippen LogP contribution in [0.4, 0.5) is 5.82 Å². The van der Waals surface area contributed by atoms with E-state index in [1.54, 1.807) is 6.20 Å². The molecule has 186 valence electrons. The molecule has 3 aromatic heterocycles. The number of amides is 2. The second kappa shape index (κ2) is 9.39. The van der Waals surface area contributed by atoms with Crippen LogP contribution in [0.15, 0.2) is 48.8 Å². The minimum atomic E-state index is -0.696. The number of hydrogen-bond acceptors (Lipinski definition) is 5. The Morgan fingerprint density at radius 2 is 1.92 bits per heavy atom. The van der Waals surface area contributed by atoms with Gasteiger partial charge >= 0.3 is 11.8 Å². The molecule has 1 aromatic carbocycles. The number of likely N-dealkylation sites (tertiary alicyclic amines) is 1. The molecule has 0 radical (unpaired) electrons. The summed E-state index contributed by atoms with van der Waals surface area (Å²) >= 11 is 0. The maximum Gasteiger partial charge on any atom is 0.314 e. The first-order valence-electron chi connectivity index (χ1n) is 12.8.